The highest BCUT2D eigenvalue weighted by Crippen LogP contribution is 2.29. The van der Waals surface area contributed by atoms with E-state index in [1.807, 2.05) is 27.7 Å². The van der Waals surface area contributed by atoms with Crippen molar-refractivity contribution in [1.29, 1.82) is 0 Å². The molecule has 0 bridgehead atoms. The minimum Gasteiger partial charge on any atom is -0.464 e. The molecule has 0 spiro atoms. The Labute approximate surface area is 122 Å². The van der Waals surface area contributed by atoms with E-state index in [1.165, 1.54) is 0 Å². The van der Waals surface area contributed by atoms with Crippen LogP contribution >= 0.6 is 0 Å². The molecule has 0 aromatic rings. The number of aliphatic hydroxyl groups is 1. The molecule has 0 aromatic heterocycles. The van der Waals surface area contributed by atoms with Crippen molar-refractivity contribution in [3.05, 3.63) is 0 Å². The molecule has 20 heavy (non-hydrogen) atoms. The summed E-state index contributed by atoms with van der Waals surface area (Å²) in [6, 6.07) is 0. The molecular weight excluding hydrogens is 256 g/mol. The van der Waals surface area contributed by atoms with Gasteiger partial charge in [-0.1, -0.05) is 41.5 Å². The first-order valence-electron chi connectivity index (χ1n) is 7.23. The first-order valence-corrected chi connectivity index (χ1v) is 7.23. The van der Waals surface area contributed by atoms with Gasteiger partial charge in [0.25, 0.3) is 0 Å². The Morgan fingerprint density at radius 3 is 1.85 bits per heavy atom. The van der Waals surface area contributed by atoms with E-state index in [0.29, 0.717) is 0 Å². The second-order valence-electron chi connectivity index (χ2n) is 7.40. The van der Waals surface area contributed by atoms with Gasteiger partial charge in [-0.2, -0.15) is 0 Å². The van der Waals surface area contributed by atoms with E-state index in [-0.39, 0.29) is 24.2 Å². The molecule has 0 radical (unpaired) electrons. The molecule has 4 heteroatoms. The minimum absolute atomic E-state index is 0.0778. The molecule has 1 N–H and O–H groups in total. The molecule has 0 fully saturated rings. The van der Waals surface area contributed by atoms with Crippen LogP contribution in [0.4, 0.5) is 0 Å². The van der Waals surface area contributed by atoms with E-state index in [4.69, 9.17) is 4.74 Å². The second kappa shape index (κ2) is 6.70. The third-order valence-electron chi connectivity index (χ3n) is 3.66. The topological polar surface area (TPSA) is 63.6 Å². The number of aliphatic hydroxyl groups excluding tert-OH is 1. The number of esters is 1. The van der Waals surface area contributed by atoms with E-state index in [0.717, 1.165) is 0 Å². The molecule has 4 nitrogen and oxygen atoms in total. The molecule has 0 aliphatic heterocycles. The van der Waals surface area contributed by atoms with E-state index in [2.05, 4.69) is 0 Å². The van der Waals surface area contributed by atoms with Gasteiger partial charge in [0.15, 0.2) is 5.78 Å². The van der Waals surface area contributed by atoms with E-state index in [1.54, 1.807) is 27.7 Å². The molecule has 1 unspecified atom stereocenters. The summed E-state index contributed by atoms with van der Waals surface area (Å²) in [5.41, 5.74) is -1.69. The van der Waals surface area contributed by atoms with Gasteiger partial charge in [-0.25, -0.2) is 0 Å². The zero-order chi connectivity index (χ0) is 16.3. The van der Waals surface area contributed by atoms with Crippen molar-refractivity contribution in [3.63, 3.8) is 0 Å². The van der Waals surface area contributed by atoms with Crippen LogP contribution in [0.25, 0.3) is 0 Å². The molecule has 0 heterocycles. The van der Waals surface area contributed by atoms with Gasteiger partial charge in [0, 0.05) is 11.3 Å². The number of Topliss-reactive ketones (excluding diaryl/α,β-unsaturated/α-hetero) is 1. The first kappa shape index (κ1) is 19.1. The number of hydrogen-bond donors (Lipinski definition) is 1. The van der Waals surface area contributed by atoms with Crippen LogP contribution in [0.2, 0.25) is 0 Å². The molecule has 0 aromatic carbocycles. The maximum Gasteiger partial charge on any atom is 0.319 e. The predicted molar refractivity (Wildman–Crippen MR) is 79.2 cm³/mol. The lowest BCUT2D eigenvalue weighted by atomic mass is 9.80. The van der Waals surface area contributed by atoms with Crippen LogP contribution in [0.15, 0.2) is 0 Å². The normalized spacial score (nSPS) is 14.6. The summed E-state index contributed by atoms with van der Waals surface area (Å²) in [4.78, 5) is 24.1. The van der Waals surface area contributed by atoms with E-state index in [9.17, 15) is 14.7 Å². The third kappa shape index (κ3) is 4.58. The number of hydrogen-bond acceptors (Lipinski definition) is 4. The van der Waals surface area contributed by atoms with Gasteiger partial charge in [0.1, 0.15) is 5.41 Å². The van der Waals surface area contributed by atoms with Crippen LogP contribution in [0, 0.1) is 22.7 Å². The lowest BCUT2D eigenvalue weighted by Crippen LogP contribution is -2.42. The van der Waals surface area contributed by atoms with Gasteiger partial charge < -0.3 is 9.84 Å². The molecular formula is C16H30O4. The highest BCUT2D eigenvalue weighted by atomic mass is 16.5. The van der Waals surface area contributed by atoms with Crippen molar-refractivity contribution in [3.8, 4) is 0 Å². The van der Waals surface area contributed by atoms with Crippen molar-refractivity contribution in [1.82, 2.24) is 0 Å². The molecule has 118 valence electrons. The Morgan fingerprint density at radius 2 is 1.50 bits per heavy atom. The first-order chi connectivity index (χ1) is 8.84. The largest absolute Gasteiger partial charge is 0.464 e. The Balaban J connectivity index is 4.75. The van der Waals surface area contributed by atoms with Gasteiger partial charge in [-0.3, -0.25) is 9.59 Å². The summed E-state index contributed by atoms with van der Waals surface area (Å²) >= 11 is 0. The predicted octanol–water partition coefficient (Wildman–Crippen LogP) is 2.82. The van der Waals surface area contributed by atoms with Crippen LogP contribution in [0.1, 0.15) is 55.4 Å². The van der Waals surface area contributed by atoms with Crippen molar-refractivity contribution >= 4 is 11.8 Å². The molecule has 0 saturated heterocycles. The van der Waals surface area contributed by atoms with Gasteiger partial charge >= 0.3 is 5.97 Å². The Morgan fingerprint density at radius 1 is 1.05 bits per heavy atom. The standard InChI is InChI=1S/C16H30O4/c1-10(2)12(17)15(5,6)9-20-14(19)16(7,8)13(18)11(3)4/h10-12,17H,9H2,1-8H3. The highest BCUT2D eigenvalue weighted by Gasteiger charge is 2.40. The average Bonchev–Trinajstić information content (AvgIpc) is 2.33. The lowest BCUT2D eigenvalue weighted by molar-refractivity contribution is -0.164. The Hall–Kier alpha value is -0.900. The SMILES string of the molecule is CC(C)C(=O)C(C)(C)C(=O)OCC(C)(C)C(O)C(C)C. The summed E-state index contributed by atoms with van der Waals surface area (Å²) in [7, 11) is 0. The van der Waals surface area contributed by atoms with Gasteiger partial charge in [0.05, 0.1) is 12.7 Å². The quantitative estimate of drug-likeness (QED) is 0.577. The lowest BCUT2D eigenvalue weighted by Gasteiger charge is -2.33. The van der Waals surface area contributed by atoms with Crippen LogP contribution in [0.5, 0.6) is 0 Å². The van der Waals surface area contributed by atoms with Crippen LogP contribution in [-0.4, -0.2) is 29.6 Å². The summed E-state index contributed by atoms with van der Waals surface area (Å²) in [6.07, 6.45) is -0.570. The minimum atomic E-state index is -1.15. The van der Waals surface area contributed by atoms with Crippen molar-refractivity contribution < 1.29 is 19.4 Å². The summed E-state index contributed by atoms with van der Waals surface area (Å²) in [6.45, 7) is 14.3. The zero-order valence-corrected chi connectivity index (χ0v) is 14.1. The number of rotatable bonds is 7. The van der Waals surface area contributed by atoms with Crippen LogP contribution in [-0.2, 0) is 14.3 Å². The summed E-state index contributed by atoms with van der Waals surface area (Å²) < 4.78 is 5.29. The monoisotopic (exact) mass is 286 g/mol. The summed E-state index contributed by atoms with van der Waals surface area (Å²) in [5, 5.41) is 10.1. The van der Waals surface area contributed by atoms with Crippen molar-refractivity contribution in [2.24, 2.45) is 22.7 Å². The van der Waals surface area contributed by atoms with E-state index >= 15 is 0 Å². The summed E-state index contributed by atoms with van der Waals surface area (Å²) in [5.74, 6) is -0.800. The molecule has 0 saturated carbocycles. The number of ether oxygens (including phenoxy) is 1. The smallest absolute Gasteiger partial charge is 0.319 e. The van der Waals surface area contributed by atoms with Crippen molar-refractivity contribution in [2.75, 3.05) is 6.61 Å². The van der Waals surface area contributed by atoms with Gasteiger partial charge in [-0.05, 0) is 19.8 Å². The van der Waals surface area contributed by atoms with Crippen LogP contribution in [0.3, 0.4) is 0 Å². The van der Waals surface area contributed by atoms with Gasteiger partial charge in [0.2, 0.25) is 0 Å². The van der Waals surface area contributed by atoms with Gasteiger partial charge in [-0.15, -0.1) is 0 Å². The van der Waals surface area contributed by atoms with Crippen molar-refractivity contribution in [2.45, 2.75) is 61.5 Å². The molecule has 0 amide bonds. The molecule has 1 atom stereocenters. The Bertz CT molecular complexity index is 353. The Kier molecular flexibility index (Phi) is 6.40. The maximum absolute atomic E-state index is 12.1. The van der Waals surface area contributed by atoms with E-state index < -0.39 is 22.9 Å². The highest BCUT2D eigenvalue weighted by molar-refractivity contribution is 6.03. The maximum atomic E-state index is 12.1. The molecule has 0 rings (SSSR count). The molecule has 0 aliphatic carbocycles. The fourth-order valence-corrected chi connectivity index (χ4v) is 2.24. The average molecular weight is 286 g/mol. The fraction of sp³-hybridized carbons (Fsp3) is 0.875. The number of carbonyl (C=O) groups is 2. The second-order valence-corrected chi connectivity index (χ2v) is 7.40. The number of ketones is 1. The third-order valence-corrected chi connectivity index (χ3v) is 3.66. The number of carbonyl (C=O) groups excluding carboxylic acids is 2. The van der Waals surface area contributed by atoms with Crippen LogP contribution < -0.4 is 0 Å². The zero-order valence-electron chi connectivity index (χ0n) is 14.1. The molecule has 0 aliphatic rings. The fourth-order valence-electron chi connectivity index (χ4n) is 2.24.